The van der Waals surface area contributed by atoms with Crippen LogP contribution in [-0.4, -0.2) is 17.1 Å². The van der Waals surface area contributed by atoms with Crippen LogP contribution >= 0.6 is 15.9 Å². The smallest absolute Gasteiger partial charge is 0.242 e. The van der Waals surface area contributed by atoms with Gasteiger partial charge >= 0.3 is 0 Å². The molecule has 0 aliphatic heterocycles. The molecule has 0 saturated carbocycles. The third-order valence-corrected chi connectivity index (χ3v) is 3.35. The molecule has 0 amide bonds. The van der Waals surface area contributed by atoms with Crippen molar-refractivity contribution in [3.8, 4) is 5.88 Å². The molecule has 18 heavy (non-hydrogen) atoms. The molecule has 3 N–H and O–H groups in total. The molecule has 94 valence electrons. The molecule has 1 heterocycles. The van der Waals surface area contributed by atoms with Crippen molar-refractivity contribution in [2.24, 2.45) is 0 Å². The van der Waals surface area contributed by atoms with Crippen LogP contribution in [0, 0.1) is 6.92 Å². The number of nitrogens with zero attached hydrogens (tertiary/aromatic N) is 2. The molecule has 0 saturated heterocycles. The SMILES string of the molecule is COc1ncnc(Nc2ccc(Br)c(C)c2)c1N. The fraction of sp³-hybridized carbons (Fsp3) is 0.167. The Morgan fingerprint density at radius 3 is 2.78 bits per heavy atom. The zero-order valence-electron chi connectivity index (χ0n) is 10.1. The lowest BCUT2D eigenvalue weighted by Gasteiger charge is -2.11. The van der Waals surface area contributed by atoms with Gasteiger partial charge in [0.1, 0.15) is 12.0 Å². The van der Waals surface area contributed by atoms with Crippen molar-refractivity contribution < 1.29 is 4.74 Å². The summed E-state index contributed by atoms with van der Waals surface area (Å²) in [6.07, 6.45) is 1.41. The van der Waals surface area contributed by atoms with Gasteiger partial charge < -0.3 is 15.8 Å². The van der Waals surface area contributed by atoms with E-state index in [9.17, 15) is 0 Å². The summed E-state index contributed by atoms with van der Waals surface area (Å²) in [6, 6.07) is 5.90. The first-order chi connectivity index (χ1) is 8.61. The van der Waals surface area contributed by atoms with Crippen LogP contribution < -0.4 is 15.8 Å². The molecule has 0 unspecified atom stereocenters. The summed E-state index contributed by atoms with van der Waals surface area (Å²) >= 11 is 3.45. The first-order valence-electron chi connectivity index (χ1n) is 5.29. The Balaban J connectivity index is 2.31. The van der Waals surface area contributed by atoms with E-state index in [4.69, 9.17) is 10.5 Å². The molecule has 0 atom stereocenters. The lowest BCUT2D eigenvalue weighted by atomic mass is 10.2. The largest absolute Gasteiger partial charge is 0.479 e. The normalized spacial score (nSPS) is 10.2. The highest BCUT2D eigenvalue weighted by molar-refractivity contribution is 9.10. The maximum Gasteiger partial charge on any atom is 0.242 e. The molecule has 0 aliphatic carbocycles. The Morgan fingerprint density at radius 2 is 2.11 bits per heavy atom. The molecule has 0 aliphatic rings. The van der Waals surface area contributed by atoms with Crippen LogP contribution in [0.4, 0.5) is 17.2 Å². The van der Waals surface area contributed by atoms with Crippen molar-refractivity contribution in [2.45, 2.75) is 6.92 Å². The van der Waals surface area contributed by atoms with Crippen molar-refractivity contribution >= 4 is 33.1 Å². The molecule has 0 bridgehead atoms. The van der Waals surface area contributed by atoms with Crippen molar-refractivity contribution in [2.75, 3.05) is 18.2 Å². The number of halogens is 1. The van der Waals surface area contributed by atoms with E-state index >= 15 is 0 Å². The predicted molar refractivity (Wildman–Crippen MR) is 75.2 cm³/mol. The van der Waals surface area contributed by atoms with E-state index < -0.39 is 0 Å². The maximum atomic E-state index is 5.89. The van der Waals surface area contributed by atoms with Crippen LogP contribution in [0.2, 0.25) is 0 Å². The number of methoxy groups -OCH3 is 1. The Bertz CT molecular complexity index is 574. The highest BCUT2D eigenvalue weighted by Gasteiger charge is 2.08. The number of rotatable bonds is 3. The third-order valence-electron chi connectivity index (χ3n) is 2.46. The van der Waals surface area contributed by atoms with Gasteiger partial charge in [0.05, 0.1) is 7.11 Å². The van der Waals surface area contributed by atoms with Gasteiger partial charge in [-0.2, -0.15) is 4.98 Å². The van der Waals surface area contributed by atoms with E-state index in [2.05, 4.69) is 31.2 Å². The summed E-state index contributed by atoms with van der Waals surface area (Å²) in [5.74, 6) is 0.893. The second-order valence-electron chi connectivity index (χ2n) is 3.73. The summed E-state index contributed by atoms with van der Waals surface area (Å²) in [5.41, 5.74) is 8.31. The van der Waals surface area contributed by atoms with E-state index in [0.29, 0.717) is 17.4 Å². The van der Waals surface area contributed by atoms with Crippen molar-refractivity contribution in [3.05, 3.63) is 34.6 Å². The summed E-state index contributed by atoms with van der Waals surface area (Å²) in [7, 11) is 1.52. The minimum absolute atomic E-state index is 0.362. The Hall–Kier alpha value is -1.82. The summed E-state index contributed by atoms with van der Waals surface area (Å²) < 4.78 is 6.10. The quantitative estimate of drug-likeness (QED) is 0.912. The topological polar surface area (TPSA) is 73.1 Å². The fourth-order valence-corrected chi connectivity index (χ4v) is 1.75. The van der Waals surface area contributed by atoms with Crippen LogP contribution in [0.15, 0.2) is 29.0 Å². The number of aryl methyl sites for hydroxylation is 1. The van der Waals surface area contributed by atoms with Gasteiger partial charge in [-0.05, 0) is 30.7 Å². The third kappa shape index (κ3) is 2.53. The van der Waals surface area contributed by atoms with Gasteiger partial charge in [0, 0.05) is 10.2 Å². The number of nitrogens with one attached hydrogen (secondary N) is 1. The van der Waals surface area contributed by atoms with Crippen LogP contribution in [-0.2, 0) is 0 Å². The Kier molecular flexibility index (Phi) is 3.66. The van der Waals surface area contributed by atoms with Crippen LogP contribution in [0.25, 0.3) is 0 Å². The highest BCUT2D eigenvalue weighted by atomic mass is 79.9. The summed E-state index contributed by atoms with van der Waals surface area (Å²) in [6.45, 7) is 2.01. The van der Waals surface area contributed by atoms with Crippen LogP contribution in [0.1, 0.15) is 5.56 Å². The number of hydrogen-bond acceptors (Lipinski definition) is 5. The van der Waals surface area contributed by atoms with Gasteiger partial charge in [0.15, 0.2) is 5.82 Å². The van der Waals surface area contributed by atoms with E-state index in [-0.39, 0.29) is 0 Å². The van der Waals surface area contributed by atoms with Gasteiger partial charge in [-0.25, -0.2) is 4.98 Å². The number of benzene rings is 1. The van der Waals surface area contributed by atoms with Crippen LogP contribution in [0.3, 0.4) is 0 Å². The number of hydrogen-bond donors (Lipinski definition) is 2. The lowest BCUT2D eigenvalue weighted by molar-refractivity contribution is 0.399. The van der Waals surface area contributed by atoms with Crippen molar-refractivity contribution in [3.63, 3.8) is 0 Å². The Morgan fingerprint density at radius 1 is 1.33 bits per heavy atom. The first kappa shape index (κ1) is 12.6. The number of anilines is 3. The lowest BCUT2D eigenvalue weighted by Crippen LogP contribution is -2.03. The fourth-order valence-electron chi connectivity index (χ4n) is 1.50. The van der Waals surface area contributed by atoms with E-state index in [1.807, 2.05) is 25.1 Å². The van der Waals surface area contributed by atoms with Gasteiger partial charge in [-0.15, -0.1) is 0 Å². The number of nitrogens with two attached hydrogens (primary N) is 1. The molecule has 5 nitrogen and oxygen atoms in total. The predicted octanol–water partition coefficient (Wildman–Crippen LogP) is 2.88. The number of ether oxygens (including phenoxy) is 1. The molecule has 6 heteroatoms. The molecular weight excluding hydrogens is 296 g/mol. The number of aromatic nitrogens is 2. The standard InChI is InChI=1S/C12H13BrN4O/c1-7-5-8(3-4-9(7)13)17-11-10(14)12(18-2)16-6-15-11/h3-6H,14H2,1-2H3,(H,15,16,17). The van der Waals surface area contributed by atoms with Gasteiger partial charge in [0.25, 0.3) is 0 Å². The zero-order valence-corrected chi connectivity index (χ0v) is 11.7. The van der Waals surface area contributed by atoms with Crippen LogP contribution in [0.5, 0.6) is 5.88 Å². The zero-order chi connectivity index (χ0) is 13.1. The Labute approximate surface area is 114 Å². The summed E-state index contributed by atoms with van der Waals surface area (Å²) in [4.78, 5) is 8.02. The van der Waals surface area contributed by atoms with E-state index in [1.165, 1.54) is 13.4 Å². The average Bonchev–Trinajstić information content (AvgIpc) is 2.36. The second-order valence-corrected chi connectivity index (χ2v) is 4.59. The maximum absolute atomic E-state index is 5.89. The van der Waals surface area contributed by atoms with Crippen molar-refractivity contribution in [1.82, 2.24) is 9.97 Å². The summed E-state index contributed by atoms with van der Waals surface area (Å²) in [5, 5.41) is 3.14. The highest BCUT2D eigenvalue weighted by Crippen LogP contribution is 2.28. The monoisotopic (exact) mass is 308 g/mol. The minimum atomic E-state index is 0.362. The molecule has 1 aromatic heterocycles. The molecular formula is C12H13BrN4O. The minimum Gasteiger partial charge on any atom is -0.479 e. The average molecular weight is 309 g/mol. The number of nitrogen functional groups attached to an aromatic ring is 1. The molecule has 0 spiro atoms. The molecule has 0 radical (unpaired) electrons. The van der Waals surface area contributed by atoms with Gasteiger partial charge in [0.2, 0.25) is 5.88 Å². The molecule has 0 fully saturated rings. The van der Waals surface area contributed by atoms with Gasteiger partial charge in [-0.1, -0.05) is 15.9 Å². The molecule has 2 rings (SSSR count). The first-order valence-corrected chi connectivity index (χ1v) is 6.08. The van der Waals surface area contributed by atoms with Crippen molar-refractivity contribution in [1.29, 1.82) is 0 Å². The van der Waals surface area contributed by atoms with Gasteiger partial charge in [-0.3, -0.25) is 0 Å². The van der Waals surface area contributed by atoms with E-state index in [1.54, 1.807) is 0 Å². The van der Waals surface area contributed by atoms with E-state index in [0.717, 1.165) is 15.7 Å². The molecule has 1 aromatic carbocycles. The second kappa shape index (κ2) is 5.22. The molecule has 2 aromatic rings.